The molecule has 0 atom stereocenters. The highest BCUT2D eigenvalue weighted by Crippen LogP contribution is 2.11. The average Bonchev–Trinajstić information content (AvgIpc) is 2.64. The highest BCUT2D eigenvalue weighted by Gasteiger charge is 2.08. The van der Waals surface area contributed by atoms with Crippen molar-refractivity contribution < 1.29 is 14.6 Å². The quantitative estimate of drug-likeness (QED) is 0.202. The van der Waals surface area contributed by atoms with Gasteiger partial charge in [-0.15, -0.1) is 0 Å². The maximum absolute atomic E-state index is 11.9. The number of unbranched alkanes of at least 4 members (excludes halogenated alkanes) is 9. The van der Waals surface area contributed by atoms with Crippen molar-refractivity contribution in [2.24, 2.45) is 0 Å². The number of hydrogen-bond donors (Lipinski definition) is 0. The fraction of sp³-hybridized carbons (Fsp3) is 0.682. The van der Waals surface area contributed by atoms with Crippen LogP contribution in [-0.2, 0) is 16.2 Å². The monoisotopic (exact) mass is 348 g/mol. The predicted molar refractivity (Wildman–Crippen MR) is 104 cm³/mol. The fourth-order valence-corrected chi connectivity index (χ4v) is 2.82. The molecule has 0 aromatic heterocycles. The first-order valence-corrected chi connectivity index (χ1v) is 10.2. The second-order valence-corrected chi connectivity index (χ2v) is 6.82. The van der Waals surface area contributed by atoms with Crippen LogP contribution in [0.15, 0.2) is 24.3 Å². The molecule has 0 aliphatic heterocycles. The van der Waals surface area contributed by atoms with Gasteiger partial charge in [0, 0.05) is 0 Å². The van der Waals surface area contributed by atoms with Gasteiger partial charge in [0.2, 0.25) is 0 Å². The molecule has 3 heteroatoms. The molecular weight excluding hydrogens is 312 g/mol. The van der Waals surface area contributed by atoms with Crippen LogP contribution in [0.4, 0.5) is 0 Å². The number of hydrogen-bond acceptors (Lipinski definition) is 3. The van der Waals surface area contributed by atoms with Gasteiger partial charge in [-0.3, -0.25) is 4.89 Å². The number of carbonyl (C=O) groups is 1. The Balaban J connectivity index is 2.06. The van der Waals surface area contributed by atoms with Crippen LogP contribution in [0.2, 0.25) is 0 Å². The highest BCUT2D eigenvalue weighted by atomic mass is 17.2. The molecule has 0 saturated heterocycles. The Morgan fingerprint density at radius 1 is 0.760 bits per heavy atom. The summed E-state index contributed by atoms with van der Waals surface area (Å²) in [6.07, 6.45) is 14.7. The number of carbonyl (C=O) groups excluding carboxylic acids is 1. The summed E-state index contributed by atoms with van der Waals surface area (Å²) >= 11 is 0. The first-order chi connectivity index (χ1) is 12.3. The normalized spacial score (nSPS) is 10.8. The minimum absolute atomic E-state index is 0.403. The van der Waals surface area contributed by atoms with E-state index in [1.54, 1.807) is 0 Å². The smallest absolute Gasteiger partial charge is 0.293 e. The first-order valence-electron chi connectivity index (χ1n) is 10.2. The van der Waals surface area contributed by atoms with Gasteiger partial charge >= 0.3 is 5.97 Å². The van der Waals surface area contributed by atoms with Crippen LogP contribution in [0.1, 0.15) is 100 Å². The summed E-state index contributed by atoms with van der Waals surface area (Å²) in [5, 5.41) is 0. The molecule has 1 aromatic rings. The van der Waals surface area contributed by atoms with Gasteiger partial charge < -0.3 is 0 Å². The molecule has 0 unspecified atom stereocenters. The molecule has 25 heavy (non-hydrogen) atoms. The predicted octanol–water partition coefficient (Wildman–Crippen LogP) is 6.65. The van der Waals surface area contributed by atoms with Crippen LogP contribution < -0.4 is 0 Å². The highest BCUT2D eigenvalue weighted by molar-refractivity contribution is 5.88. The van der Waals surface area contributed by atoms with E-state index in [0.29, 0.717) is 12.2 Å². The molecule has 1 rings (SSSR count). The van der Waals surface area contributed by atoms with Gasteiger partial charge in [-0.05, 0) is 37.0 Å². The van der Waals surface area contributed by atoms with Gasteiger partial charge in [-0.2, -0.15) is 4.89 Å². The molecule has 1 aromatic carbocycles. The third-order valence-corrected chi connectivity index (χ3v) is 4.47. The van der Waals surface area contributed by atoms with Crippen molar-refractivity contribution in [3.63, 3.8) is 0 Å². The maximum atomic E-state index is 11.9. The van der Waals surface area contributed by atoms with Crippen LogP contribution in [0.5, 0.6) is 0 Å². The van der Waals surface area contributed by atoms with Crippen LogP contribution >= 0.6 is 0 Å². The molecule has 0 N–H and O–H groups in total. The van der Waals surface area contributed by atoms with Crippen LogP contribution in [0.3, 0.4) is 0 Å². The molecule has 0 aliphatic rings. The van der Waals surface area contributed by atoms with E-state index in [-0.39, 0.29) is 0 Å². The lowest BCUT2D eigenvalue weighted by Gasteiger charge is -2.05. The Labute approximate surface area is 154 Å². The molecule has 142 valence electrons. The number of aryl methyl sites for hydroxylation is 1. The molecule has 0 saturated carbocycles. The lowest BCUT2D eigenvalue weighted by atomic mass is 10.1. The van der Waals surface area contributed by atoms with Gasteiger partial charge in [0.1, 0.15) is 0 Å². The van der Waals surface area contributed by atoms with E-state index in [1.807, 2.05) is 24.3 Å². The standard InChI is InChI=1S/C22H36O3/c1-3-5-7-8-9-10-11-13-19-24-25-22(23)21-17-15-20(16-18-21)14-12-6-4-2/h15-18H,3-14,19H2,1-2H3. The Kier molecular flexibility index (Phi) is 13.0. The van der Waals surface area contributed by atoms with E-state index in [9.17, 15) is 4.79 Å². The van der Waals surface area contributed by atoms with Gasteiger partial charge in [0.25, 0.3) is 0 Å². The molecule has 0 fully saturated rings. The fourth-order valence-electron chi connectivity index (χ4n) is 2.82. The SMILES string of the molecule is CCCCCCCCCCOOC(=O)c1ccc(CCCCC)cc1. The number of benzene rings is 1. The second-order valence-electron chi connectivity index (χ2n) is 6.82. The van der Waals surface area contributed by atoms with Gasteiger partial charge in [0.15, 0.2) is 0 Å². The Bertz CT molecular complexity index is 439. The summed E-state index contributed by atoms with van der Waals surface area (Å²) in [5.74, 6) is -0.403. The molecular formula is C22H36O3. The van der Waals surface area contributed by atoms with E-state index in [0.717, 1.165) is 19.3 Å². The van der Waals surface area contributed by atoms with Crippen molar-refractivity contribution in [3.8, 4) is 0 Å². The van der Waals surface area contributed by atoms with Crippen LogP contribution in [-0.4, -0.2) is 12.6 Å². The first kappa shape index (κ1) is 21.7. The maximum Gasteiger partial charge on any atom is 0.373 e. The molecule has 0 heterocycles. The second kappa shape index (κ2) is 14.9. The van der Waals surface area contributed by atoms with Gasteiger partial charge in [0.05, 0.1) is 12.2 Å². The van der Waals surface area contributed by atoms with Crippen molar-refractivity contribution >= 4 is 5.97 Å². The third-order valence-electron chi connectivity index (χ3n) is 4.47. The van der Waals surface area contributed by atoms with Crippen LogP contribution in [0, 0.1) is 0 Å². The minimum atomic E-state index is -0.403. The lowest BCUT2D eigenvalue weighted by molar-refractivity contribution is -0.241. The zero-order valence-electron chi connectivity index (χ0n) is 16.2. The minimum Gasteiger partial charge on any atom is -0.293 e. The Hall–Kier alpha value is -1.35. The average molecular weight is 349 g/mol. The summed E-state index contributed by atoms with van der Waals surface area (Å²) < 4.78 is 0. The molecule has 0 bridgehead atoms. The largest absolute Gasteiger partial charge is 0.373 e. The topological polar surface area (TPSA) is 35.5 Å². The molecule has 0 amide bonds. The molecule has 0 radical (unpaired) electrons. The van der Waals surface area contributed by atoms with E-state index >= 15 is 0 Å². The number of rotatable bonds is 15. The summed E-state index contributed by atoms with van der Waals surface area (Å²) in [6.45, 7) is 4.92. The summed E-state index contributed by atoms with van der Waals surface area (Å²) in [7, 11) is 0. The Morgan fingerprint density at radius 2 is 1.32 bits per heavy atom. The zero-order valence-corrected chi connectivity index (χ0v) is 16.2. The van der Waals surface area contributed by atoms with E-state index in [1.165, 1.54) is 63.4 Å². The Morgan fingerprint density at radius 3 is 1.96 bits per heavy atom. The van der Waals surface area contributed by atoms with Gasteiger partial charge in [-0.1, -0.05) is 83.8 Å². The van der Waals surface area contributed by atoms with Crippen molar-refractivity contribution in [2.75, 3.05) is 6.61 Å². The summed E-state index contributed by atoms with van der Waals surface area (Å²) in [6, 6.07) is 7.65. The molecule has 0 aliphatic carbocycles. The lowest BCUT2D eigenvalue weighted by Crippen LogP contribution is -2.07. The summed E-state index contributed by atoms with van der Waals surface area (Å²) in [4.78, 5) is 21.8. The van der Waals surface area contributed by atoms with Crippen molar-refractivity contribution in [1.29, 1.82) is 0 Å². The van der Waals surface area contributed by atoms with E-state index in [4.69, 9.17) is 9.78 Å². The molecule has 3 nitrogen and oxygen atoms in total. The van der Waals surface area contributed by atoms with E-state index < -0.39 is 5.97 Å². The van der Waals surface area contributed by atoms with Crippen molar-refractivity contribution in [2.45, 2.75) is 90.9 Å². The van der Waals surface area contributed by atoms with Crippen LogP contribution in [0.25, 0.3) is 0 Å². The molecule has 0 spiro atoms. The van der Waals surface area contributed by atoms with E-state index in [2.05, 4.69) is 13.8 Å². The third kappa shape index (κ3) is 11.0. The summed E-state index contributed by atoms with van der Waals surface area (Å²) in [5.41, 5.74) is 1.82. The van der Waals surface area contributed by atoms with Gasteiger partial charge in [-0.25, -0.2) is 4.79 Å². The zero-order chi connectivity index (χ0) is 18.2. The van der Waals surface area contributed by atoms with Crippen molar-refractivity contribution in [1.82, 2.24) is 0 Å². The van der Waals surface area contributed by atoms with Crippen molar-refractivity contribution in [3.05, 3.63) is 35.4 Å².